The molecule has 0 aliphatic carbocycles. The number of benzene rings is 2. The van der Waals surface area contributed by atoms with Gasteiger partial charge >= 0.3 is 0 Å². The molecule has 0 aliphatic heterocycles. The maximum Gasteiger partial charge on any atom is 0.119 e. The largest absolute Gasteiger partial charge is 0.494 e. The molecule has 2 aromatic rings. The van der Waals surface area contributed by atoms with Gasteiger partial charge in [-0.05, 0) is 41.8 Å². The van der Waals surface area contributed by atoms with E-state index in [0.29, 0.717) is 5.02 Å². The van der Waals surface area contributed by atoms with Crippen LogP contribution in [0.5, 0.6) is 5.75 Å². The topological polar surface area (TPSA) is 47.3 Å². The minimum absolute atomic E-state index is 0.0625. The first-order valence-electron chi connectivity index (χ1n) is 6.69. The molecular weight excluding hydrogens is 272 g/mol. The van der Waals surface area contributed by atoms with Crippen molar-refractivity contribution < 1.29 is 4.74 Å². The maximum atomic E-state index is 5.91. The van der Waals surface area contributed by atoms with Crippen molar-refractivity contribution >= 4 is 11.6 Å². The number of nitrogens with two attached hydrogens (primary N) is 1. The molecule has 2 aromatic carbocycles. The SMILES string of the molecule is CCCOc1ccc(C(NN)c2ccc(Cl)cc2)cc1. The molecule has 0 radical (unpaired) electrons. The van der Waals surface area contributed by atoms with Gasteiger partial charge < -0.3 is 4.74 Å². The first kappa shape index (κ1) is 14.9. The van der Waals surface area contributed by atoms with E-state index in [4.69, 9.17) is 22.2 Å². The summed E-state index contributed by atoms with van der Waals surface area (Å²) in [6.07, 6.45) is 1.000. The van der Waals surface area contributed by atoms with E-state index in [2.05, 4.69) is 12.3 Å². The predicted octanol–water partition coefficient (Wildman–Crippen LogP) is 3.68. The third-order valence-electron chi connectivity index (χ3n) is 3.06. The standard InChI is InChI=1S/C16H19ClN2O/c1-2-11-20-15-9-5-13(6-10-15)16(19-18)12-3-7-14(17)8-4-12/h3-10,16,19H,2,11,18H2,1H3. The summed E-state index contributed by atoms with van der Waals surface area (Å²) in [6, 6.07) is 15.6. The van der Waals surface area contributed by atoms with Gasteiger partial charge in [-0.25, -0.2) is 5.43 Å². The van der Waals surface area contributed by atoms with Gasteiger partial charge in [0.15, 0.2) is 0 Å². The summed E-state index contributed by atoms with van der Waals surface area (Å²) in [5, 5.41) is 0.716. The Morgan fingerprint density at radius 2 is 1.60 bits per heavy atom. The predicted molar refractivity (Wildman–Crippen MR) is 82.8 cm³/mol. The summed E-state index contributed by atoms with van der Waals surface area (Å²) in [5.74, 6) is 6.56. The van der Waals surface area contributed by atoms with Crippen molar-refractivity contribution in [2.24, 2.45) is 5.84 Å². The van der Waals surface area contributed by atoms with Crippen LogP contribution in [0.15, 0.2) is 48.5 Å². The summed E-state index contributed by atoms with van der Waals surface area (Å²) in [6.45, 7) is 2.82. The number of ether oxygens (including phenoxy) is 1. The van der Waals surface area contributed by atoms with Crippen molar-refractivity contribution in [1.29, 1.82) is 0 Å². The zero-order valence-corrected chi connectivity index (χ0v) is 12.2. The lowest BCUT2D eigenvalue weighted by Crippen LogP contribution is -2.28. The lowest BCUT2D eigenvalue weighted by molar-refractivity contribution is 0.317. The highest BCUT2D eigenvalue weighted by Crippen LogP contribution is 2.24. The minimum Gasteiger partial charge on any atom is -0.494 e. The van der Waals surface area contributed by atoms with E-state index >= 15 is 0 Å². The average Bonchev–Trinajstić information content (AvgIpc) is 2.49. The van der Waals surface area contributed by atoms with Crippen molar-refractivity contribution in [3.8, 4) is 5.75 Å². The van der Waals surface area contributed by atoms with E-state index in [0.717, 1.165) is 29.9 Å². The molecule has 1 atom stereocenters. The van der Waals surface area contributed by atoms with Crippen molar-refractivity contribution in [3.05, 3.63) is 64.7 Å². The highest BCUT2D eigenvalue weighted by atomic mass is 35.5. The van der Waals surface area contributed by atoms with E-state index in [1.54, 1.807) is 0 Å². The quantitative estimate of drug-likeness (QED) is 0.630. The molecule has 0 saturated heterocycles. The molecule has 0 aliphatic rings. The Balaban J connectivity index is 2.17. The Morgan fingerprint density at radius 3 is 2.10 bits per heavy atom. The molecule has 106 valence electrons. The molecule has 0 aromatic heterocycles. The molecule has 0 heterocycles. The summed E-state index contributed by atoms with van der Waals surface area (Å²) in [5.41, 5.74) is 4.98. The normalized spacial score (nSPS) is 12.2. The van der Waals surface area contributed by atoms with Crippen LogP contribution in [-0.4, -0.2) is 6.61 Å². The van der Waals surface area contributed by atoms with E-state index in [1.165, 1.54) is 0 Å². The number of rotatable bonds is 6. The Bertz CT molecular complexity index is 525. The smallest absolute Gasteiger partial charge is 0.119 e. The third kappa shape index (κ3) is 3.73. The molecular formula is C16H19ClN2O. The number of hydrogen-bond donors (Lipinski definition) is 2. The van der Waals surface area contributed by atoms with Crippen molar-refractivity contribution in [1.82, 2.24) is 5.43 Å². The van der Waals surface area contributed by atoms with Gasteiger partial charge in [0.05, 0.1) is 12.6 Å². The zero-order chi connectivity index (χ0) is 14.4. The van der Waals surface area contributed by atoms with Gasteiger partial charge in [-0.1, -0.05) is 42.8 Å². The average molecular weight is 291 g/mol. The first-order chi connectivity index (χ1) is 9.74. The number of nitrogens with one attached hydrogen (secondary N) is 1. The van der Waals surface area contributed by atoms with Crippen LogP contribution in [0.25, 0.3) is 0 Å². The maximum absolute atomic E-state index is 5.91. The fraction of sp³-hybridized carbons (Fsp3) is 0.250. The number of halogens is 1. The van der Waals surface area contributed by atoms with Gasteiger partial charge in [0.25, 0.3) is 0 Å². The second-order valence-corrected chi connectivity index (χ2v) is 5.01. The third-order valence-corrected chi connectivity index (χ3v) is 3.31. The van der Waals surface area contributed by atoms with Crippen LogP contribution in [-0.2, 0) is 0 Å². The van der Waals surface area contributed by atoms with Crippen molar-refractivity contribution in [2.45, 2.75) is 19.4 Å². The van der Waals surface area contributed by atoms with Crippen molar-refractivity contribution in [3.63, 3.8) is 0 Å². The van der Waals surface area contributed by atoms with Gasteiger partial charge in [0.1, 0.15) is 5.75 Å². The monoisotopic (exact) mass is 290 g/mol. The van der Waals surface area contributed by atoms with Crippen LogP contribution in [0.4, 0.5) is 0 Å². The van der Waals surface area contributed by atoms with Crippen molar-refractivity contribution in [2.75, 3.05) is 6.61 Å². The van der Waals surface area contributed by atoms with Gasteiger partial charge in [-0.3, -0.25) is 5.84 Å². The van der Waals surface area contributed by atoms with Crippen LogP contribution in [0.3, 0.4) is 0 Å². The number of hydrogen-bond acceptors (Lipinski definition) is 3. The van der Waals surface area contributed by atoms with Crippen LogP contribution < -0.4 is 16.0 Å². The van der Waals surface area contributed by atoms with Gasteiger partial charge in [-0.15, -0.1) is 0 Å². The molecule has 0 amide bonds. The zero-order valence-electron chi connectivity index (χ0n) is 11.5. The second kappa shape index (κ2) is 7.29. The fourth-order valence-electron chi connectivity index (χ4n) is 2.02. The fourth-order valence-corrected chi connectivity index (χ4v) is 2.14. The highest BCUT2D eigenvalue weighted by molar-refractivity contribution is 6.30. The molecule has 3 nitrogen and oxygen atoms in total. The Hall–Kier alpha value is -1.55. The van der Waals surface area contributed by atoms with E-state index < -0.39 is 0 Å². The van der Waals surface area contributed by atoms with Gasteiger partial charge in [-0.2, -0.15) is 0 Å². The second-order valence-electron chi connectivity index (χ2n) is 4.57. The molecule has 1 unspecified atom stereocenters. The lowest BCUT2D eigenvalue weighted by Gasteiger charge is -2.17. The van der Waals surface area contributed by atoms with Crippen LogP contribution in [0, 0.1) is 0 Å². The van der Waals surface area contributed by atoms with Crippen LogP contribution in [0.2, 0.25) is 5.02 Å². The molecule has 4 heteroatoms. The van der Waals surface area contributed by atoms with Gasteiger partial charge in [0, 0.05) is 5.02 Å². The molecule has 0 bridgehead atoms. The summed E-state index contributed by atoms with van der Waals surface area (Å²) >= 11 is 5.91. The molecule has 20 heavy (non-hydrogen) atoms. The molecule has 3 N–H and O–H groups in total. The van der Waals surface area contributed by atoms with Crippen LogP contribution >= 0.6 is 11.6 Å². The molecule has 0 spiro atoms. The Kier molecular flexibility index (Phi) is 5.41. The van der Waals surface area contributed by atoms with E-state index in [1.807, 2.05) is 48.5 Å². The minimum atomic E-state index is -0.0625. The van der Waals surface area contributed by atoms with E-state index in [-0.39, 0.29) is 6.04 Å². The summed E-state index contributed by atoms with van der Waals surface area (Å²) in [4.78, 5) is 0. The molecule has 0 fully saturated rings. The summed E-state index contributed by atoms with van der Waals surface area (Å²) in [7, 11) is 0. The Morgan fingerprint density at radius 1 is 1.05 bits per heavy atom. The molecule has 0 saturated carbocycles. The number of hydrazine groups is 1. The summed E-state index contributed by atoms with van der Waals surface area (Å²) < 4.78 is 5.58. The lowest BCUT2D eigenvalue weighted by atomic mass is 9.99. The Labute approximate surface area is 124 Å². The van der Waals surface area contributed by atoms with Crippen LogP contribution in [0.1, 0.15) is 30.5 Å². The van der Waals surface area contributed by atoms with E-state index in [9.17, 15) is 0 Å². The highest BCUT2D eigenvalue weighted by Gasteiger charge is 2.12. The van der Waals surface area contributed by atoms with Gasteiger partial charge in [0.2, 0.25) is 0 Å². The molecule has 2 rings (SSSR count). The first-order valence-corrected chi connectivity index (χ1v) is 7.06.